The maximum atomic E-state index is 11.3. The summed E-state index contributed by atoms with van der Waals surface area (Å²) < 4.78 is 0. The minimum atomic E-state index is -0.208. The van der Waals surface area contributed by atoms with E-state index in [9.17, 15) is 9.59 Å². The van der Waals surface area contributed by atoms with Gasteiger partial charge in [-0.3, -0.25) is 9.59 Å². The third-order valence-electron chi connectivity index (χ3n) is 3.32. The van der Waals surface area contributed by atoms with Crippen molar-refractivity contribution in [1.82, 2.24) is 0 Å². The van der Waals surface area contributed by atoms with Crippen LogP contribution in [0.4, 0.5) is 0 Å². The van der Waals surface area contributed by atoms with Crippen molar-refractivity contribution in [2.24, 2.45) is 29.4 Å². The molecule has 3 heteroatoms. The van der Waals surface area contributed by atoms with Gasteiger partial charge < -0.3 is 5.73 Å². The van der Waals surface area contributed by atoms with E-state index in [1.807, 2.05) is 27.7 Å². The van der Waals surface area contributed by atoms with Crippen molar-refractivity contribution in [3.05, 3.63) is 0 Å². The van der Waals surface area contributed by atoms with Crippen molar-refractivity contribution in [2.45, 2.75) is 67.7 Å². The highest BCUT2D eigenvalue weighted by molar-refractivity contribution is 5.80. The van der Waals surface area contributed by atoms with Crippen LogP contribution in [0.3, 0.4) is 0 Å². The van der Waals surface area contributed by atoms with Gasteiger partial charge in [0.05, 0.1) is 0 Å². The molecule has 0 spiro atoms. The summed E-state index contributed by atoms with van der Waals surface area (Å²) in [5.41, 5.74) is 5.00. The van der Waals surface area contributed by atoms with Gasteiger partial charge in [0.15, 0.2) is 0 Å². The lowest BCUT2D eigenvalue weighted by molar-refractivity contribution is -0.123. The Morgan fingerprint density at radius 2 is 1.47 bits per heavy atom. The summed E-state index contributed by atoms with van der Waals surface area (Å²) in [4.78, 5) is 21.6. The maximum Gasteiger partial charge on any atom is 0.220 e. The molecule has 114 valence electrons. The first kappa shape index (κ1) is 20.5. The Balaban J connectivity index is 0. The lowest BCUT2D eigenvalue weighted by Crippen LogP contribution is -2.24. The quantitative estimate of drug-likeness (QED) is 0.765. The molecule has 3 nitrogen and oxygen atoms in total. The van der Waals surface area contributed by atoms with Crippen molar-refractivity contribution in [3.8, 4) is 0 Å². The van der Waals surface area contributed by atoms with Crippen LogP contribution in [0.1, 0.15) is 67.7 Å². The van der Waals surface area contributed by atoms with Crippen molar-refractivity contribution >= 4 is 11.7 Å². The number of hydrogen-bond donors (Lipinski definition) is 1. The molecular weight excluding hydrogens is 238 g/mol. The van der Waals surface area contributed by atoms with Crippen LogP contribution in [0, 0.1) is 23.7 Å². The monoisotopic (exact) mass is 271 g/mol. The summed E-state index contributed by atoms with van der Waals surface area (Å²) in [5, 5.41) is 0. The molecule has 0 aliphatic carbocycles. The molecule has 0 aliphatic rings. The second-order valence-corrected chi connectivity index (χ2v) is 6.18. The summed E-state index contributed by atoms with van der Waals surface area (Å²) in [7, 11) is 0. The number of carbonyl (C=O) groups excluding carboxylic acids is 2. The molecule has 2 atom stereocenters. The second-order valence-electron chi connectivity index (χ2n) is 6.18. The molecule has 1 amide bonds. The van der Waals surface area contributed by atoms with Crippen LogP contribution in [0.25, 0.3) is 0 Å². The summed E-state index contributed by atoms with van der Waals surface area (Å²) in [5.74, 6) is 1.52. The molecule has 0 fully saturated rings. The smallest absolute Gasteiger partial charge is 0.220 e. The summed E-state index contributed by atoms with van der Waals surface area (Å²) in [6.07, 6.45) is 2.79. The van der Waals surface area contributed by atoms with Gasteiger partial charge in [-0.15, -0.1) is 0 Å². The van der Waals surface area contributed by atoms with Crippen molar-refractivity contribution < 1.29 is 9.59 Å². The number of primary amides is 1. The summed E-state index contributed by atoms with van der Waals surface area (Å²) in [6, 6.07) is 0. The average Bonchev–Trinajstić information content (AvgIpc) is 2.27. The van der Waals surface area contributed by atoms with Crippen LogP contribution in [0.5, 0.6) is 0 Å². The van der Waals surface area contributed by atoms with Gasteiger partial charge >= 0.3 is 0 Å². The highest BCUT2D eigenvalue weighted by Gasteiger charge is 2.12. The first-order valence-corrected chi connectivity index (χ1v) is 7.45. The molecule has 19 heavy (non-hydrogen) atoms. The number of carbonyl (C=O) groups is 2. The predicted octanol–water partition coefficient (Wildman–Crippen LogP) is 3.80. The number of rotatable bonds is 7. The Morgan fingerprint density at radius 1 is 1.00 bits per heavy atom. The Morgan fingerprint density at radius 3 is 1.68 bits per heavy atom. The van der Waals surface area contributed by atoms with Crippen LogP contribution < -0.4 is 5.73 Å². The van der Waals surface area contributed by atoms with E-state index >= 15 is 0 Å². The van der Waals surface area contributed by atoms with Crippen molar-refractivity contribution in [3.63, 3.8) is 0 Å². The van der Waals surface area contributed by atoms with Crippen LogP contribution in [-0.2, 0) is 9.59 Å². The largest absolute Gasteiger partial charge is 0.369 e. The third-order valence-corrected chi connectivity index (χ3v) is 3.32. The molecule has 2 N–H and O–H groups in total. The molecule has 0 aromatic rings. The van der Waals surface area contributed by atoms with E-state index in [2.05, 4.69) is 20.8 Å². The van der Waals surface area contributed by atoms with Gasteiger partial charge in [-0.1, -0.05) is 48.5 Å². The average molecular weight is 271 g/mol. The molecule has 0 saturated heterocycles. The fourth-order valence-electron chi connectivity index (χ4n) is 1.66. The zero-order valence-electron chi connectivity index (χ0n) is 13.8. The van der Waals surface area contributed by atoms with E-state index in [1.165, 1.54) is 0 Å². The van der Waals surface area contributed by atoms with E-state index in [0.717, 1.165) is 19.3 Å². The second kappa shape index (κ2) is 11.0. The number of nitrogens with two attached hydrogens (primary N) is 1. The molecule has 2 unspecified atom stereocenters. The van der Waals surface area contributed by atoms with E-state index in [-0.39, 0.29) is 17.7 Å². The normalized spacial score (nSPS) is 13.7. The van der Waals surface area contributed by atoms with Crippen LogP contribution >= 0.6 is 0 Å². The summed E-state index contributed by atoms with van der Waals surface area (Å²) in [6.45, 7) is 14.2. The minimum absolute atomic E-state index is 0.00926. The molecule has 0 aromatic carbocycles. The Kier molecular flexibility index (Phi) is 11.9. The molecular formula is C16H33NO2. The topological polar surface area (TPSA) is 60.2 Å². The van der Waals surface area contributed by atoms with Gasteiger partial charge in [0.2, 0.25) is 5.91 Å². The molecule has 0 radical (unpaired) electrons. The summed E-state index contributed by atoms with van der Waals surface area (Å²) >= 11 is 0. The molecule has 0 aromatic heterocycles. The van der Waals surface area contributed by atoms with Crippen molar-refractivity contribution in [1.29, 1.82) is 0 Å². The van der Waals surface area contributed by atoms with Gasteiger partial charge in [-0.05, 0) is 24.7 Å². The standard InChI is InChI=1S/C10H20O.C6H13NO/c1-5-6-10(11)9(4)7-8(2)3;1-4(2)5(3)6(7)8/h8-9H,5-7H2,1-4H3;4-5H,1-3H3,(H2,7,8). The molecule has 0 aliphatic heterocycles. The maximum absolute atomic E-state index is 11.3. The molecule has 0 bridgehead atoms. The zero-order chi connectivity index (χ0) is 15.6. The number of Topliss-reactive ketones (excluding diaryl/α,β-unsaturated/α-hetero) is 1. The Labute approximate surface area is 119 Å². The molecule has 0 rings (SSSR count). The van der Waals surface area contributed by atoms with Crippen molar-refractivity contribution in [2.75, 3.05) is 0 Å². The SMILES string of the molecule is CC(C)C(C)C(N)=O.CCCC(=O)C(C)CC(C)C. The Bertz CT molecular complexity index is 259. The van der Waals surface area contributed by atoms with Crippen LogP contribution in [0.15, 0.2) is 0 Å². The molecule has 0 heterocycles. The van der Waals surface area contributed by atoms with E-state index < -0.39 is 0 Å². The fraction of sp³-hybridized carbons (Fsp3) is 0.875. The van der Waals surface area contributed by atoms with E-state index in [1.54, 1.807) is 0 Å². The Hall–Kier alpha value is -0.860. The van der Waals surface area contributed by atoms with Gasteiger partial charge in [-0.2, -0.15) is 0 Å². The van der Waals surface area contributed by atoms with E-state index in [4.69, 9.17) is 5.73 Å². The number of ketones is 1. The van der Waals surface area contributed by atoms with E-state index in [0.29, 0.717) is 17.6 Å². The minimum Gasteiger partial charge on any atom is -0.369 e. The van der Waals surface area contributed by atoms with Gasteiger partial charge in [0.25, 0.3) is 0 Å². The molecule has 0 saturated carbocycles. The van der Waals surface area contributed by atoms with Crippen LogP contribution in [-0.4, -0.2) is 11.7 Å². The number of hydrogen-bond acceptors (Lipinski definition) is 2. The highest BCUT2D eigenvalue weighted by atomic mass is 16.1. The van der Waals surface area contributed by atoms with Gasteiger partial charge in [-0.25, -0.2) is 0 Å². The third kappa shape index (κ3) is 11.9. The predicted molar refractivity (Wildman–Crippen MR) is 81.7 cm³/mol. The van der Waals surface area contributed by atoms with Gasteiger partial charge in [0.1, 0.15) is 5.78 Å². The fourth-order valence-corrected chi connectivity index (χ4v) is 1.66. The zero-order valence-corrected chi connectivity index (χ0v) is 13.8. The highest BCUT2D eigenvalue weighted by Crippen LogP contribution is 2.13. The lowest BCUT2D eigenvalue weighted by Gasteiger charge is -2.11. The first-order chi connectivity index (χ1) is 8.63. The lowest BCUT2D eigenvalue weighted by atomic mass is 9.93. The number of amides is 1. The first-order valence-electron chi connectivity index (χ1n) is 7.45. The van der Waals surface area contributed by atoms with Gasteiger partial charge in [0, 0.05) is 18.3 Å². The van der Waals surface area contributed by atoms with Crippen LogP contribution in [0.2, 0.25) is 0 Å².